The molecule has 1 aliphatic rings. The van der Waals surface area contributed by atoms with Gasteiger partial charge in [-0.05, 0) is 71.9 Å². The normalized spacial score (nSPS) is 16.5. The van der Waals surface area contributed by atoms with Crippen LogP contribution in [0.3, 0.4) is 0 Å². The van der Waals surface area contributed by atoms with Gasteiger partial charge in [-0.1, -0.05) is 6.07 Å². The number of nitrogens with zero attached hydrogens (tertiary/aromatic N) is 2. The molecule has 2 atom stereocenters. The van der Waals surface area contributed by atoms with Crippen LogP contribution in [0.5, 0.6) is 0 Å². The van der Waals surface area contributed by atoms with E-state index in [1.807, 2.05) is 0 Å². The van der Waals surface area contributed by atoms with Gasteiger partial charge in [0.2, 0.25) is 15.9 Å². The molecular formula is C22H26BrF3N4O4S. The van der Waals surface area contributed by atoms with Gasteiger partial charge < -0.3 is 15.3 Å². The molecule has 0 radical (unpaired) electrons. The van der Waals surface area contributed by atoms with Crippen molar-refractivity contribution in [3.05, 3.63) is 51.6 Å². The molecule has 1 saturated heterocycles. The number of hydrogen-bond donors (Lipinski definition) is 3. The summed E-state index contributed by atoms with van der Waals surface area (Å²) >= 11 is 3.27. The van der Waals surface area contributed by atoms with Crippen molar-refractivity contribution in [3.63, 3.8) is 0 Å². The van der Waals surface area contributed by atoms with Crippen LogP contribution < -0.4 is 14.9 Å². The van der Waals surface area contributed by atoms with Crippen LogP contribution in [0.2, 0.25) is 0 Å². The third-order valence-corrected chi connectivity index (χ3v) is 6.85. The summed E-state index contributed by atoms with van der Waals surface area (Å²) < 4.78 is 65.5. The Kier molecular flexibility index (Phi) is 8.32. The molecule has 3 rings (SSSR count). The Bertz CT molecular complexity index is 1190. The summed E-state index contributed by atoms with van der Waals surface area (Å²) in [5, 5.41) is 13.2. The highest BCUT2D eigenvalue weighted by atomic mass is 79.9. The fourth-order valence-electron chi connectivity index (χ4n) is 3.76. The predicted octanol–water partition coefficient (Wildman–Crippen LogP) is 4.14. The van der Waals surface area contributed by atoms with Crippen molar-refractivity contribution in [2.75, 3.05) is 29.0 Å². The zero-order valence-corrected chi connectivity index (χ0v) is 21.5. The highest BCUT2D eigenvalue weighted by Gasteiger charge is 2.35. The predicted molar refractivity (Wildman–Crippen MR) is 129 cm³/mol. The van der Waals surface area contributed by atoms with Crippen molar-refractivity contribution in [1.29, 1.82) is 0 Å². The molecule has 192 valence electrons. The monoisotopic (exact) mass is 578 g/mol. The van der Waals surface area contributed by atoms with Crippen LogP contribution in [0.15, 0.2) is 34.8 Å². The Labute approximate surface area is 210 Å². The second-order valence-electron chi connectivity index (χ2n) is 8.40. The van der Waals surface area contributed by atoms with Gasteiger partial charge in [0.25, 0.3) is 0 Å². The fraction of sp³-hybridized carbons (Fsp3) is 0.455. The van der Waals surface area contributed by atoms with Gasteiger partial charge >= 0.3 is 6.18 Å². The number of aliphatic hydroxyl groups is 1. The molecule has 1 aliphatic heterocycles. The lowest BCUT2D eigenvalue weighted by Gasteiger charge is -2.31. The number of halogens is 4. The third-order valence-electron chi connectivity index (χ3n) is 5.61. The summed E-state index contributed by atoms with van der Waals surface area (Å²) in [7, 11) is -3.49. The second kappa shape index (κ2) is 10.7. The van der Waals surface area contributed by atoms with Crippen molar-refractivity contribution < 1.29 is 31.5 Å². The molecule has 1 aromatic heterocycles. The third kappa shape index (κ3) is 7.07. The molecule has 35 heavy (non-hydrogen) atoms. The zero-order chi connectivity index (χ0) is 26.0. The quantitative estimate of drug-likeness (QED) is 0.426. The Balaban J connectivity index is 1.81. The molecular weight excluding hydrogens is 553 g/mol. The summed E-state index contributed by atoms with van der Waals surface area (Å²) in [6.45, 7) is 2.59. The average Bonchev–Trinajstić information content (AvgIpc) is 2.78. The Morgan fingerprint density at radius 1 is 1.17 bits per heavy atom. The van der Waals surface area contributed by atoms with Crippen LogP contribution in [0.25, 0.3) is 0 Å². The van der Waals surface area contributed by atoms with Gasteiger partial charge in [0.15, 0.2) is 6.23 Å². The van der Waals surface area contributed by atoms with E-state index < -0.39 is 39.9 Å². The number of piperidine rings is 1. The van der Waals surface area contributed by atoms with Crippen molar-refractivity contribution in [2.45, 2.75) is 44.5 Å². The molecule has 0 bridgehead atoms. The van der Waals surface area contributed by atoms with Crippen molar-refractivity contribution in [1.82, 2.24) is 10.3 Å². The standard InChI is InChI=1S/C22H26BrF3N4O4S/c1-13(14-6-8-17(16(23)12-14)29-35(2,33)34)20(31)28-21(32)15-7-9-18(22(24,25)26)27-19(15)30-10-4-3-5-11-30/h6-9,12-13,21,29,32H,3-5,10-11H2,1-2H3,(H,28,31). The summed E-state index contributed by atoms with van der Waals surface area (Å²) in [5.41, 5.74) is -0.163. The molecule has 0 spiro atoms. The SMILES string of the molecule is CC(C(=O)NC(O)c1ccc(C(F)(F)F)nc1N1CCCCC1)c1ccc(NS(C)(=O)=O)c(Br)c1. The lowest BCUT2D eigenvalue weighted by Crippen LogP contribution is -2.36. The largest absolute Gasteiger partial charge is 0.433 e. The van der Waals surface area contributed by atoms with E-state index in [0.717, 1.165) is 37.7 Å². The van der Waals surface area contributed by atoms with E-state index >= 15 is 0 Å². The number of benzene rings is 1. The van der Waals surface area contributed by atoms with Gasteiger partial charge in [-0.3, -0.25) is 9.52 Å². The molecule has 0 aliphatic carbocycles. The maximum absolute atomic E-state index is 13.3. The van der Waals surface area contributed by atoms with E-state index in [9.17, 15) is 31.5 Å². The number of amides is 1. The first kappa shape index (κ1) is 27.2. The number of aliphatic hydroxyl groups excluding tert-OH is 1. The summed E-state index contributed by atoms with van der Waals surface area (Å²) in [6, 6.07) is 6.55. The molecule has 2 aromatic rings. The minimum absolute atomic E-state index is 0.000996. The molecule has 8 nitrogen and oxygen atoms in total. The van der Waals surface area contributed by atoms with E-state index in [1.54, 1.807) is 24.0 Å². The van der Waals surface area contributed by atoms with Gasteiger partial charge in [-0.2, -0.15) is 13.2 Å². The Hall–Kier alpha value is -2.38. The van der Waals surface area contributed by atoms with Crippen molar-refractivity contribution in [2.24, 2.45) is 0 Å². The number of pyridine rings is 1. The van der Waals surface area contributed by atoms with Gasteiger partial charge in [0.1, 0.15) is 11.5 Å². The smallest absolute Gasteiger partial charge is 0.369 e. The number of nitrogens with one attached hydrogen (secondary N) is 2. The van der Waals surface area contributed by atoms with E-state index in [-0.39, 0.29) is 11.4 Å². The van der Waals surface area contributed by atoms with Crippen LogP contribution in [-0.4, -0.2) is 43.8 Å². The first-order chi connectivity index (χ1) is 16.3. The highest BCUT2D eigenvalue weighted by molar-refractivity contribution is 9.10. The minimum atomic E-state index is -4.64. The number of carbonyl (C=O) groups is 1. The second-order valence-corrected chi connectivity index (χ2v) is 11.0. The summed E-state index contributed by atoms with van der Waals surface area (Å²) in [4.78, 5) is 18.3. The van der Waals surface area contributed by atoms with Crippen LogP contribution in [-0.2, 0) is 21.0 Å². The van der Waals surface area contributed by atoms with E-state index in [2.05, 4.69) is 31.0 Å². The number of carbonyl (C=O) groups excluding carboxylic acids is 1. The number of rotatable bonds is 7. The molecule has 1 fully saturated rings. The van der Waals surface area contributed by atoms with Crippen LogP contribution in [0, 0.1) is 0 Å². The lowest BCUT2D eigenvalue weighted by atomic mass is 9.99. The number of sulfonamides is 1. The van der Waals surface area contributed by atoms with Crippen LogP contribution in [0.4, 0.5) is 24.7 Å². The molecule has 2 unspecified atom stereocenters. The zero-order valence-electron chi connectivity index (χ0n) is 19.1. The first-order valence-corrected chi connectivity index (χ1v) is 13.5. The maximum Gasteiger partial charge on any atom is 0.433 e. The van der Waals surface area contributed by atoms with Gasteiger partial charge in [0, 0.05) is 23.1 Å². The number of anilines is 2. The maximum atomic E-state index is 13.3. The van der Waals surface area contributed by atoms with Crippen LogP contribution in [0.1, 0.15) is 55.2 Å². The molecule has 3 N–H and O–H groups in total. The topological polar surface area (TPSA) is 112 Å². The van der Waals surface area contributed by atoms with E-state index in [1.165, 1.54) is 6.07 Å². The van der Waals surface area contributed by atoms with Gasteiger partial charge in [-0.15, -0.1) is 0 Å². The Morgan fingerprint density at radius 2 is 1.83 bits per heavy atom. The molecule has 0 saturated carbocycles. The fourth-order valence-corrected chi connectivity index (χ4v) is 4.97. The van der Waals surface area contributed by atoms with E-state index in [0.29, 0.717) is 28.8 Å². The highest BCUT2D eigenvalue weighted by Crippen LogP contribution is 2.34. The lowest BCUT2D eigenvalue weighted by molar-refractivity contribution is -0.141. The molecule has 13 heteroatoms. The number of hydrogen-bond acceptors (Lipinski definition) is 6. The molecule has 2 heterocycles. The van der Waals surface area contributed by atoms with Crippen molar-refractivity contribution in [3.8, 4) is 0 Å². The molecule has 1 amide bonds. The van der Waals surface area contributed by atoms with Gasteiger partial charge in [0.05, 0.1) is 17.9 Å². The first-order valence-electron chi connectivity index (χ1n) is 10.8. The summed E-state index contributed by atoms with van der Waals surface area (Å²) in [5.74, 6) is -1.33. The Morgan fingerprint density at radius 3 is 2.40 bits per heavy atom. The van der Waals surface area contributed by atoms with Crippen molar-refractivity contribution >= 4 is 43.4 Å². The number of alkyl halides is 3. The minimum Gasteiger partial charge on any atom is -0.369 e. The average molecular weight is 579 g/mol. The van der Waals surface area contributed by atoms with Gasteiger partial charge in [-0.25, -0.2) is 13.4 Å². The van der Waals surface area contributed by atoms with Crippen LogP contribution >= 0.6 is 15.9 Å². The number of aromatic nitrogens is 1. The summed E-state index contributed by atoms with van der Waals surface area (Å²) in [6.07, 6.45) is -2.68. The molecule has 1 aromatic carbocycles. The van der Waals surface area contributed by atoms with E-state index in [4.69, 9.17) is 0 Å².